The van der Waals surface area contributed by atoms with Crippen LogP contribution in [0.5, 0.6) is 11.5 Å². The van der Waals surface area contributed by atoms with E-state index >= 15 is 0 Å². The SMILES string of the molecule is Nc1ccc2c(c1)C(=O)C(c1ccc(O)cc1)CO2. The molecule has 96 valence electrons. The molecule has 1 unspecified atom stereocenters. The average molecular weight is 255 g/mol. The third-order valence-corrected chi connectivity index (χ3v) is 3.29. The fraction of sp³-hybridized carbons (Fsp3) is 0.133. The Morgan fingerprint density at radius 1 is 1.16 bits per heavy atom. The summed E-state index contributed by atoms with van der Waals surface area (Å²) in [6.07, 6.45) is 0. The highest BCUT2D eigenvalue weighted by molar-refractivity contribution is 6.04. The first-order valence-corrected chi connectivity index (χ1v) is 6.00. The van der Waals surface area contributed by atoms with Crippen LogP contribution in [0.15, 0.2) is 42.5 Å². The van der Waals surface area contributed by atoms with Gasteiger partial charge < -0.3 is 15.6 Å². The molecule has 2 aromatic carbocycles. The molecule has 0 fully saturated rings. The van der Waals surface area contributed by atoms with Crippen LogP contribution in [-0.4, -0.2) is 17.5 Å². The van der Waals surface area contributed by atoms with E-state index in [0.717, 1.165) is 5.56 Å². The maximum Gasteiger partial charge on any atom is 0.177 e. The highest BCUT2D eigenvalue weighted by atomic mass is 16.5. The van der Waals surface area contributed by atoms with Crippen LogP contribution in [0.1, 0.15) is 21.8 Å². The lowest BCUT2D eigenvalue weighted by Crippen LogP contribution is -2.26. The molecule has 0 aromatic heterocycles. The molecule has 1 aliphatic heterocycles. The minimum absolute atomic E-state index is 0.000704. The van der Waals surface area contributed by atoms with E-state index in [4.69, 9.17) is 10.5 Å². The summed E-state index contributed by atoms with van der Waals surface area (Å²) in [5.74, 6) is 0.404. The Morgan fingerprint density at radius 2 is 1.89 bits per heavy atom. The van der Waals surface area contributed by atoms with Gasteiger partial charge in [-0.3, -0.25) is 4.79 Å². The van der Waals surface area contributed by atoms with Gasteiger partial charge in [-0.2, -0.15) is 0 Å². The van der Waals surface area contributed by atoms with Gasteiger partial charge in [-0.25, -0.2) is 0 Å². The second-order valence-electron chi connectivity index (χ2n) is 4.57. The number of carbonyl (C=O) groups excluding carboxylic acids is 1. The largest absolute Gasteiger partial charge is 0.508 e. The molecule has 1 aliphatic rings. The summed E-state index contributed by atoms with van der Waals surface area (Å²) in [5.41, 5.74) is 7.60. The Balaban J connectivity index is 1.99. The zero-order chi connectivity index (χ0) is 13.4. The number of aromatic hydroxyl groups is 1. The average Bonchev–Trinajstić information content (AvgIpc) is 2.41. The number of carbonyl (C=O) groups is 1. The van der Waals surface area contributed by atoms with Crippen molar-refractivity contribution in [3.05, 3.63) is 53.6 Å². The topological polar surface area (TPSA) is 72.6 Å². The Labute approximate surface area is 110 Å². The van der Waals surface area contributed by atoms with E-state index in [9.17, 15) is 9.90 Å². The van der Waals surface area contributed by atoms with Crippen LogP contribution in [-0.2, 0) is 0 Å². The first-order chi connectivity index (χ1) is 9.15. The van der Waals surface area contributed by atoms with Crippen molar-refractivity contribution in [1.29, 1.82) is 0 Å². The van der Waals surface area contributed by atoms with Crippen molar-refractivity contribution < 1.29 is 14.6 Å². The predicted molar refractivity (Wildman–Crippen MR) is 71.5 cm³/mol. The Morgan fingerprint density at radius 3 is 2.63 bits per heavy atom. The van der Waals surface area contributed by atoms with Gasteiger partial charge in [0.2, 0.25) is 0 Å². The van der Waals surface area contributed by atoms with E-state index in [-0.39, 0.29) is 17.5 Å². The minimum atomic E-state index is -0.352. The van der Waals surface area contributed by atoms with Gasteiger partial charge in [0.05, 0.1) is 11.5 Å². The molecule has 0 aliphatic carbocycles. The third kappa shape index (κ3) is 2.01. The third-order valence-electron chi connectivity index (χ3n) is 3.29. The summed E-state index contributed by atoms with van der Waals surface area (Å²) in [7, 11) is 0. The molecule has 0 radical (unpaired) electrons. The van der Waals surface area contributed by atoms with Crippen LogP contribution in [0.2, 0.25) is 0 Å². The van der Waals surface area contributed by atoms with Gasteiger partial charge >= 0.3 is 0 Å². The first kappa shape index (κ1) is 11.6. The van der Waals surface area contributed by atoms with Crippen molar-refractivity contribution in [2.75, 3.05) is 12.3 Å². The molecule has 0 spiro atoms. The Hall–Kier alpha value is -2.49. The van der Waals surface area contributed by atoms with Crippen molar-refractivity contribution >= 4 is 11.5 Å². The molecule has 0 saturated carbocycles. The summed E-state index contributed by atoms with van der Waals surface area (Å²) in [6, 6.07) is 11.7. The van der Waals surface area contributed by atoms with Gasteiger partial charge in [0.25, 0.3) is 0 Å². The van der Waals surface area contributed by atoms with Crippen LogP contribution in [0.25, 0.3) is 0 Å². The number of hydrogen-bond donors (Lipinski definition) is 2. The number of fused-ring (bicyclic) bond motifs is 1. The standard InChI is InChI=1S/C15H13NO3/c16-10-3-6-14-12(7-10)15(18)13(8-19-14)9-1-4-11(17)5-2-9/h1-7,13,17H,8,16H2. The molecule has 0 bridgehead atoms. The number of phenols is 1. The van der Waals surface area contributed by atoms with E-state index < -0.39 is 0 Å². The lowest BCUT2D eigenvalue weighted by molar-refractivity contribution is 0.0896. The number of benzene rings is 2. The highest BCUT2D eigenvalue weighted by Gasteiger charge is 2.30. The first-order valence-electron chi connectivity index (χ1n) is 6.00. The molecular weight excluding hydrogens is 242 g/mol. The number of nitrogen functional groups attached to an aromatic ring is 1. The lowest BCUT2D eigenvalue weighted by atomic mass is 9.89. The Kier molecular flexibility index (Phi) is 2.63. The summed E-state index contributed by atoms with van der Waals surface area (Å²) < 4.78 is 5.61. The van der Waals surface area contributed by atoms with Crippen molar-refractivity contribution in [2.45, 2.75) is 5.92 Å². The molecule has 2 aromatic rings. The fourth-order valence-corrected chi connectivity index (χ4v) is 2.26. The van der Waals surface area contributed by atoms with E-state index in [1.165, 1.54) is 0 Å². The lowest BCUT2D eigenvalue weighted by Gasteiger charge is -2.24. The second kappa shape index (κ2) is 4.31. The summed E-state index contributed by atoms with van der Waals surface area (Å²) in [4.78, 5) is 12.5. The molecule has 4 nitrogen and oxygen atoms in total. The number of anilines is 1. The Bertz CT molecular complexity index is 634. The minimum Gasteiger partial charge on any atom is -0.508 e. The second-order valence-corrected chi connectivity index (χ2v) is 4.57. The van der Waals surface area contributed by atoms with Gasteiger partial charge in [-0.05, 0) is 35.9 Å². The van der Waals surface area contributed by atoms with Crippen LogP contribution in [0.4, 0.5) is 5.69 Å². The van der Waals surface area contributed by atoms with Crippen LogP contribution < -0.4 is 10.5 Å². The summed E-state index contributed by atoms with van der Waals surface area (Å²) in [6.45, 7) is 0.306. The number of phenolic OH excluding ortho intramolecular Hbond substituents is 1. The molecule has 1 heterocycles. The summed E-state index contributed by atoms with van der Waals surface area (Å²) in [5, 5.41) is 9.28. The molecule has 3 N–H and O–H groups in total. The summed E-state index contributed by atoms with van der Waals surface area (Å²) >= 11 is 0. The molecule has 0 amide bonds. The molecule has 4 heteroatoms. The van der Waals surface area contributed by atoms with E-state index in [1.807, 2.05) is 0 Å². The van der Waals surface area contributed by atoms with Crippen LogP contribution in [0, 0.1) is 0 Å². The zero-order valence-corrected chi connectivity index (χ0v) is 10.2. The number of nitrogens with two attached hydrogens (primary N) is 1. The predicted octanol–water partition coefficient (Wildman–Crippen LogP) is 2.33. The molecule has 0 saturated heterocycles. The van der Waals surface area contributed by atoms with Crippen molar-refractivity contribution in [3.8, 4) is 11.5 Å². The fourth-order valence-electron chi connectivity index (χ4n) is 2.26. The van der Waals surface area contributed by atoms with E-state index in [1.54, 1.807) is 42.5 Å². The quantitative estimate of drug-likeness (QED) is 0.767. The van der Waals surface area contributed by atoms with Crippen molar-refractivity contribution in [3.63, 3.8) is 0 Å². The van der Waals surface area contributed by atoms with Crippen molar-refractivity contribution in [2.24, 2.45) is 0 Å². The maximum absolute atomic E-state index is 12.5. The van der Waals surface area contributed by atoms with E-state index in [0.29, 0.717) is 23.6 Å². The van der Waals surface area contributed by atoms with Gasteiger partial charge in [-0.1, -0.05) is 12.1 Å². The number of rotatable bonds is 1. The molecule has 1 atom stereocenters. The maximum atomic E-state index is 12.5. The van der Waals surface area contributed by atoms with Gasteiger partial charge in [0, 0.05) is 5.69 Å². The molecule has 19 heavy (non-hydrogen) atoms. The van der Waals surface area contributed by atoms with Gasteiger partial charge in [-0.15, -0.1) is 0 Å². The normalized spacial score (nSPS) is 17.7. The molecular formula is C15H13NO3. The van der Waals surface area contributed by atoms with Crippen molar-refractivity contribution in [1.82, 2.24) is 0 Å². The van der Waals surface area contributed by atoms with Crippen LogP contribution >= 0.6 is 0 Å². The number of ether oxygens (including phenoxy) is 1. The smallest absolute Gasteiger partial charge is 0.177 e. The number of hydrogen-bond acceptors (Lipinski definition) is 4. The zero-order valence-electron chi connectivity index (χ0n) is 10.2. The van der Waals surface area contributed by atoms with E-state index in [2.05, 4.69) is 0 Å². The number of ketones is 1. The number of Topliss-reactive ketones (excluding diaryl/α,β-unsaturated/α-hetero) is 1. The van der Waals surface area contributed by atoms with Gasteiger partial charge in [0.15, 0.2) is 5.78 Å². The van der Waals surface area contributed by atoms with Crippen LogP contribution in [0.3, 0.4) is 0 Å². The van der Waals surface area contributed by atoms with Gasteiger partial charge in [0.1, 0.15) is 18.1 Å². The monoisotopic (exact) mass is 255 g/mol. The highest BCUT2D eigenvalue weighted by Crippen LogP contribution is 2.33. The molecule has 3 rings (SSSR count).